The molecule has 9 heteroatoms. The third-order valence-electron chi connectivity index (χ3n) is 3.42. The summed E-state index contributed by atoms with van der Waals surface area (Å²) in [5, 5.41) is 8.78. The SMILES string of the molecule is CN(CC(=O)O)C(=O)c1ccccc1S(=O)(=O)N1CCOCC1. The lowest BCUT2D eigenvalue weighted by Crippen LogP contribution is -2.41. The fourth-order valence-corrected chi connectivity index (χ4v) is 3.87. The standard InChI is InChI=1S/C14H18N2O6S/c1-15(10-13(17)18)14(19)11-4-2-3-5-12(11)23(20,21)16-6-8-22-9-7-16/h2-5H,6-10H2,1H3,(H,17,18). The molecule has 1 aliphatic rings. The first-order valence-electron chi connectivity index (χ1n) is 6.98. The number of sulfonamides is 1. The van der Waals surface area contributed by atoms with Gasteiger partial charge in [0.05, 0.1) is 23.7 Å². The Morgan fingerprint density at radius 2 is 1.87 bits per heavy atom. The number of nitrogens with zero attached hydrogens (tertiary/aromatic N) is 2. The number of ether oxygens (including phenoxy) is 1. The Labute approximate surface area is 134 Å². The number of aliphatic carboxylic acids is 1. The van der Waals surface area contributed by atoms with Crippen LogP contribution in [0.5, 0.6) is 0 Å². The zero-order valence-corrected chi connectivity index (χ0v) is 13.5. The van der Waals surface area contributed by atoms with E-state index in [1.165, 1.54) is 29.6 Å². The van der Waals surface area contributed by atoms with E-state index in [9.17, 15) is 18.0 Å². The predicted molar refractivity (Wildman–Crippen MR) is 80.6 cm³/mol. The van der Waals surface area contributed by atoms with Crippen LogP contribution in [0.15, 0.2) is 29.2 Å². The van der Waals surface area contributed by atoms with Gasteiger partial charge in [-0.25, -0.2) is 8.42 Å². The van der Waals surface area contributed by atoms with Crippen LogP contribution in [0.1, 0.15) is 10.4 Å². The Bertz CT molecular complexity index is 697. The summed E-state index contributed by atoms with van der Waals surface area (Å²) in [4.78, 5) is 24.0. The molecule has 8 nitrogen and oxygen atoms in total. The van der Waals surface area contributed by atoms with E-state index in [0.29, 0.717) is 13.2 Å². The number of rotatable bonds is 5. The minimum atomic E-state index is -3.84. The molecule has 2 rings (SSSR count). The first-order chi connectivity index (χ1) is 10.8. The number of carbonyl (C=O) groups excluding carboxylic acids is 1. The number of amides is 1. The molecule has 1 N–H and O–H groups in total. The van der Waals surface area contributed by atoms with Crippen LogP contribution in [0.2, 0.25) is 0 Å². The van der Waals surface area contributed by atoms with Gasteiger partial charge in [-0.15, -0.1) is 0 Å². The van der Waals surface area contributed by atoms with Crippen molar-refractivity contribution in [1.29, 1.82) is 0 Å². The molecule has 0 aliphatic carbocycles. The smallest absolute Gasteiger partial charge is 0.323 e. The number of morpholine rings is 1. The quantitative estimate of drug-likeness (QED) is 0.799. The Kier molecular flexibility index (Phi) is 5.34. The number of carboxylic acid groups (broad SMARTS) is 1. The second kappa shape index (κ2) is 7.07. The van der Waals surface area contributed by atoms with Crippen LogP contribution in [0.3, 0.4) is 0 Å². The Morgan fingerprint density at radius 3 is 2.48 bits per heavy atom. The molecule has 0 saturated carbocycles. The summed E-state index contributed by atoms with van der Waals surface area (Å²) in [5.74, 6) is -1.82. The zero-order chi connectivity index (χ0) is 17.0. The van der Waals surface area contributed by atoms with E-state index in [4.69, 9.17) is 9.84 Å². The molecule has 1 fully saturated rings. The number of hydrogen-bond acceptors (Lipinski definition) is 5. The van der Waals surface area contributed by atoms with Gasteiger partial charge in [-0.1, -0.05) is 12.1 Å². The molecule has 1 amide bonds. The van der Waals surface area contributed by atoms with Gasteiger partial charge in [0, 0.05) is 20.1 Å². The highest BCUT2D eigenvalue weighted by molar-refractivity contribution is 7.89. The van der Waals surface area contributed by atoms with E-state index in [-0.39, 0.29) is 23.5 Å². The van der Waals surface area contributed by atoms with Crippen LogP contribution >= 0.6 is 0 Å². The molecule has 126 valence electrons. The number of hydrogen-bond donors (Lipinski definition) is 1. The number of carboxylic acids is 1. The van der Waals surface area contributed by atoms with Gasteiger partial charge >= 0.3 is 5.97 Å². The molecule has 0 atom stereocenters. The largest absolute Gasteiger partial charge is 0.480 e. The summed E-state index contributed by atoms with van der Waals surface area (Å²) in [6.07, 6.45) is 0. The maximum Gasteiger partial charge on any atom is 0.323 e. The number of carbonyl (C=O) groups is 2. The first kappa shape index (κ1) is 17.4. The molecule has 1 heterocycles. The summed E-state index contributed by atoms with van der Waals surface area (Å²) in [6.45, 7) is 0.527. The fourth-order valence-electron chi connectivity index (χ4n) is 2.27. The molecule has 23 heavy (non-hydrogen) atoms. The molecule has 0 unspecified atom stereocenters. The van der Waals surface area contributed by atoms with E-state index in [1.807, 2.05) is 0 Å². The normalized spacial score (nSPS) is 16.0. The van der Waals surface area contributed by atoms with E-state index >= 15 is 0 Å². The van der Waals surface area contributed by atoms with Crippen LogP contribution in [0, 0.1) is 0 Å². The highest BCUT2D eigenvalue weighted by Crippen LogP contribution is 2.22. The second-order valence-electron chi connectivity index (χ2n) is 5.07. The van der Waals surface area contributed by atoms with Crippen molar-refractivity contribution in [3.05, 3.63) is 29.8 Å². The minimum Gasteiger partial charge on any atom is -0.480 e. The third kappa shape index (κ3) is 3.87. The van der Waals surface area contributed by atoms with Crippen LogP contribution < -0.4 is 0 Å². The minimum absolute atomic E-state index is 0.0391. The topological polar surface area (TPSA) is 104 Å². The molecule has 0 radical (unpaired) electrons. The van der Waals surface area contributed by atoms with Gasteiger partial charge in [0.1, 0.15) is 6.54 Å². The summed E-state index contributed by atoms with van der Waals surface area (Å²) in [7, 11) is -2.53. The van der Waals surface area contributed by atoms with Gasteiger partial charge in [-0.2, -0.15) is 4.31 Å². The summed E-state index contributed by atoms with van der Waals surface area (Å²) in [5.41, 5.74) is -0.0391. The average Bonchev–Trinajstić information content (AvgIpc) is 2.54. The lowest BCUT2D eigenvalue weighted by molar-refractivity contribution is -0.137. The van der Waals surface area contributed by atoms with Crippen LogP contribution in [-0.4, -0.2) is 74.5 Å². The molecular formula is C14H18N2O6S. The van der Waals surface area contributed by atoms with Crippen molar-refractivity contribution in [3.63, 3.8) is 0 Å². The molecule has 0 aromatic heterocycles. The van der Waals surface area contributed by atoms with Gasteiger partial charge in [0.2, 0.25) is 10.0 Å². The molecule has 1 aliphatic heterocycles. The van der Waals surface area contributed by atoms with Gasteiger partial charge in [0.15, 0.2) is 0 Å². The first-order valence-corrected chi connectivity index (χ1v) is 8.42. The summed E-state index contributed by atoms with van der Waals surface area (Å²) in [6, 6.07) is 5.81. The number of likely N-dealkylation sites (N-methyl/N-ethyl adjacent to an activating group) is 1. The van der Waals surface area contributed by atoms with Crippen LogP contribution in [0.4, 0.5) is 0 Å². The van der Waals surface area contributed by atoms with E-state index in [1.54, 1.807) is 6.07 Å². The second-order valence-corrected chi connectivity index (χ2v) is 6.97. The molecular weight excluding hydrogens is 324 g/mol. The Hall–Kier alpha value is -1.97. The highest BCUT2D eigenvalue weighted by atomic mass is 32.2. The molecule has 1 aromatic carbocycles. The number of benzene rings is 1. The molecule has 1 aromatic rings. The van der Waals surface area contributed by atoms with Crippen molar-refractivity contribution < 1.29 is 27.9 Å². The molecule has 0 bridgehead atoms. The molecule has 0 spiro atoms. The van der Waals surface area contributed by atoms with Crippen LogP contribution in [-0.2, 0) is 19.6 Å². The van der Waals surface area contributed by atoms with Crippen molar-refractivity contribution in [1.82, 2.24) is 9.21 Å². The maximum absolute atomic E-state index is 12.7. The lowest BCUT2D eigenvalue weighted by atomic mass is 10.2. The lowest BCUT2D eigenvalue weighted by Gasteiger charge is -2.27. The van der Waals surface area contributed by atoms with Crippen molar-refractivity contribution >= 4 is 21.9 Å². The summed E-state index contributed by atoms with van der Waals surface area (Å²) < 4.78 is 31.9. The van der Waals surface area contributed by atoms with E-state index < -0.39 is 28.4 Å². The summed E-state index contributed by atoms with van der Waals surface area (Å²) >= 11 is 0. The van der Waals surface area contributed by atoms with Gasteiger partial charge in [-0.3, -0.25) is 9.59 Å². The predicted octanol–water partition coefficient (Wildman–Crippen LogP) is -0.136. The van der Waals surface area contributed by atoms with Gasteiger partial charge in [-0.05, 0) is 12.1 Å². The van der Waals surface area contributed by atoms with Crippen molar-refractivity contribution in [2.75, 3.05) is 39.9 Å². The van der Waals surface area contributed by atoms with Gasteiger partial charge < -0.3 is 14.7 Å². The molecule has 1 saturated heterocycles. The van der Waals surface area contributed by atoms with Crippen molar-refractivity contribution in [2.24, 2.45) is 0 Å². The van der Waals surface area contributed by atoms with Crippen LogP contribution in [0.25, 0.3) is 0 Å². The van der Waals surface area contributed by atoms with E-state index in [0.717, 1.165) is 4.90 Å². The van der Waals surface area contributed by atoms with Gasteiger partial charge in [0.25, 0.3) is 5.91 Å². The monoisotopic (exact) mass is 342 g/mol. The Morgan fingerprint density at radius 1 is 1.26 bits per heavy atom. The zero-order valence-electron chi connectivity index (χ0n) is 12.6. The van der Waals surface area contributed by atoms with E-state index in [2.05, 4.69) is 0 Å². The third-order valence-corrected chi connectivity index (χ3v) is 5.38. The van der Waals surface area contributed by atoms with Crippen molar-refractivity contribution in [3.8, 4) is 0 Å². The van der Waals surface area contributed by atoms with Crippen molar-refractivity contribution in [2.45, 2.75) is 4.90 Å². The highest BCUT2D eigenvalue weighted by Gasteiger charge is 2.31. The maximum atomic E-state index is 12.7. The Balaban J connectivity index is 2.37. The average molecular weight is 342 g/mol. The fraction of sp³-hybridized carbons (Fsp3) is 0.429.